The molecule has 0 atom stereocenters. The molecule has 2 aromatic heterocycles. The van der Waals surface area contributed by atoms with Gasteiger partial charge >= 0.3 is 0 Å². The lowest BCUT2D eigenvalue weighted by molar-refractivity contribution is 0.949. The molecule has 0 aliphatic carbocycles. The Labute approximate surface area is 236 Å². The Balaban J connectivity index is 1.14. The van der Waals surface area contributed by atoms with E-state index in [1.807, 2.05) is 66.8 Å². The molecule has 0 bridgehead atoms. The number of nitrogens with zero attached hydrogens (tertiary/aromatic N) is 7. The molecule has 5 aromatic rings. The molecule has 1 saturated heterocycles. The Morgan fingerprint density at radius 2 is 1.54 bits per heavy atom. The zero-order valence-electron chi connectivity index (χ0n) is 22.2. The molecule has 1 aliphatic heterocycles. The maximum atomic E-state index is 4.54. The third kappa shape index (κ3) is 5.46. The van der Waals surface area contributed by atoms with Crippen molar-refractivity contribution >= 4 is 71.5 Å². The van der Waals surface area contributed by atoms with Gasteiger partial charge in [0.15, 0.2) is 5.00 Å². The van der Waals surface area contributed by atoms with Crippen LogP contribution in [0.3, 0.4) is 0 Å². The van der Waals surface area contributed by atoms with Crippen LogP contribution in [0.5, 0.6) is 0 Å². The number of hydrogen-bond donors (Lipinski definition) is 0. The fraction of sp³-hybridized carbons (Fsp3) is 0.233. The second-order valence-corrected chi connectivity index (χ2v) is 11.5. The Morgan fingerprint density at radius 1 is 0.795 bits per heavy atom. The second-order valence-electron chi connectivity index (χ2n) is 9.71. The van der Waals surface area contributed by atoms with Gasteiger partial charge in [0.2, 0.25) is 0 Å². The zero-order valence-corrected chi connectivity index (χ0v) is 23.8. The van der Waals surface area contributed by atoms with Crippen LogP contribution in [0.2, 0.25) is 0 Å². The average molecular weight is 552 g/mol. The highest BCUT2D eigenvalue weighted by molar-refractivity contribution is 7.20. The van der Waals surface area contributed by atoms with Gasteiger partial charge in [0, 0.05) is 31.2 Å². The first-order valence-electron chi connectivity index (χ1n) is 13.0. The van der Waals surface area contributed by atoms with Crippen LogP contribution in [0.15, 0.2) is 93.3 Å². The summed E-state index contributed by atoms with van der Waals surface area (Å²) < 4.78 is 4.43. The molecule has 1 fully saturated rings. The van der Waals surface area contributed by atoms with Crippen molar-refractivity contribution in [2.45, 2.75) is 26.7 Å². The van der Waals surface area contributed by atoms with Crippen LogP contribution in [-0.2, 0) is 0 Å². The van der Waals surface area contributed by atoms with Crippen molar-refractivity contribution in [3.63, 3.8) is 0 Å². The maximum Gasteiger partial charge on any atom is 0.166 e. The number of aromatic nitrogens is 1. The van der Waals surface area contributed by atoms with Crippen molar-refractivity contribution in [3.8, 4) is 0 Å². The smallest absolute Gasteiger partial charge is 0.166 e. The van der Waals surface area contributed by atoms with Crippen LogP contribution < -0.4 is 9.80 Å². The normalized spacial score (nSPS) is 13.9. The standard InChI is InChI=1S/C30H29N7S2/c1-20-18-22(10-12-25(20)33-34-30-24-8-4-5-9-27(24)35-39-30)31-32-26-13-11-23(19-21(26)2)36(3)28-14-15-29(38-28)37-16-6-7-17-37/h4-5,8-15,18-19H,6-7,16-17H2,1-3H3. The monoisotopic (exact) mass is 551 g/mol. The number of rotatable bonds is 7. The van der Waals surface area contributed by atoms with Crippen molar-refractivity contribution < 1.29 is 0 Å². The van der Waals surface area contributed by atoms with Crippen molar-refractivity contribution in [2.75, 3.05) is 29.9 Å². The zero-order chi connectivity index (χ0) is 26.8. The first kappa shape index (κ1) is 25.3. The van der Waals surface area contributed by atoms with E-state index in [9.17, 15) is 0 Å². The Hall–Kier alpha value is -3.95. The molecule has 0 saturated carbocycles. The van der Waals surface area contributed by atoms with Crippen LogP contribution in [0.25, 0.3) is 10.9 Å². The first-order chi connectivity index (χ1) is 19.0. The fourth-order valence-electron chi connectivity index (χ4n) is 4.67. The largest absolute Gasteiger partial charge is 0.363 e. The third-order valence-corrected chi connectivity index (χ3v) is 8.95. The Morgan fingerprint density at radius 3 is 2.33 bits per heavy atom. The third-order valence-electron chi connectivity index (χ3n) is 6.96. The molecule has 3 heterocycles. The van der Waals surface area contributed by atoms with Crippen LogP contribution >= 0.6 is 22.9 Å². The highest BCUT2D eigenvalue weighted by atomic mass is 32.1. The molecular formula is C30H29N7S2. The highest BCUT2D eigenvalue weighted by Gasteiger charge is 2.16. The number of aryl methyl sites for hydroxylation is 2. The summed E-state index contributed by atoms with van der Waals surface area (Å²) in [5.74, 6) is 0. The van der Waals surface area contributed by atoms with E-state index in [1.165, 1.54) is 47.5 Å². The van der Waals surface area contributed by atoms with Crippen molar-refractivity contribution in [1.29, 1.82) is 0 Å². The van der Waals surface area contributed by atoms with Gasteiger partial charge in [-0.05, 0) is 110 Å². The first-order valence-corrected chi connectivity index (χ1v) is 14.6. The van der Waals surface area contributed by atoms with Crippen molar-refractivity contribution in [2.24, 2.45) is 20.5 Å². The predicted octanol–water partition coefficient (Wildman–Crippen LogP) is 10.2. The highest BCUT2D eigenvalue weighted by Crippen LogP contribution is 2.38. The molecule has 0 amide bonds. The average Bonchev–Trinajstić information content (AvgIpc) is 3.73. The van der Waals surface area contributed by atoms with Gasteiger partial charge in [0.05, 0.1) is 32.6 Å². The molecule has 196 valence electrons. The molecule has 0 unspecified atom stereocenters. The van der Waals surface area contributed by atoms with Gasteiger partial charge in [-0.2, -0.15) is 14.6 Å². The van der Waals surface area contributed by atoms with E-state index in [0.717, 1.165) is 49.8 Å². The predicted molar refractivity (Wildman–Crippen MR) is 164 cm³/mol. The molecule has 9 heteroatoms. The van der Waals surface area contributed by atoms with Gasteiger partial charge in [0.1, 0.15) is 0 Å². The molecule has 1 aliphatic rings. The number of benzene rings is 3. The van der Waals surface area contributed by atoms with E-state index in [4.69, 9.17) is 0 Å². The molecule has 6 rings (SSSR count). The number of hydrogen-bond acceptors (Lipinski definition) is 9. The minimum absolute atomic E-state index is 0.781. The molecule has 0 N–H and O–H groups in total. The quantitative estimate of drug-likeness (QED) is 0.189. The molecule has 0 spiro atoms. The summed E-state index contributed by atoms with van der Waals surface area (Å²) in [5.41, 5.74) is 6.59. The van der Waals surface area contributed by atoms with E-state index in [1.54, 1.807) is 0 Å². The summed E-state index contributed by atoms with van der Waals surface area (Å²) in [7, 11) is 2.12. The van der Waals surface area contributed by atoms with Gasteiger partial charge in [-0.25, -0.2) is 0 Å². The SMILES string of the molecule is Cc1cc(N(C)c2ccc(N3CCCC3)s2)ccc1N=Nc1ccc(N=Nc2snc3ccccc23)c(C)c1. The summed E-state index contributed by atoms with van der Waals surface area (Å²) in [5, 5.41) is 22.4. The van der Waals surface area contributed by atoms with E-state index in [2.05, 4.69) is 72.9 Å². The number of azo groups is 2. The van der Waals surface area contributed by atoms with Gasteiger partial charge in [0.25, 0.3) is 0 Å². The summed E-state index contributed by atoms with van der Waals surface area (Å²) in [6.45, 7) is 6.42. The van der Waals surface area contributed by atoms with Gasteiger partial charge < -0.3 is 9.80 Å². The van der Waals surface area contributed by atoms with Crippen LogP contribution in [0.1, 0.15) is 24.0 Å². The minimum Gasteiger partial charge on any atom is -0.363 e. The number of anilines is 3. The number of thiophene rings is 1. The lowest BCUT2D eigenvalue weighted by Crippen LogP contribution is -2.15. The summed E-state index contributed by atoms with van der Waals surface area (Å²) in [6.07, 6.45) is 2.58. The van der Waals surface area contributed by atoms with E-state index >= 15 is 0 Å². The molecular weight excluding hydrogens is 523 g/mol. The van der Waals surface area contributed by atoms with Crippen LogP contribution in [0, 0.1) is 13.8 Å². The molecule has 3 aromatic carbocycles. The van der Waals surface area contributed by atoms with Gasteiger partial charge in [-0.1, -0.05) is 12.1 Å². The molecule has 39 heavy (non-hydrogen) atoms. The van der Waals surface area contributed by atoms with Gasteiger partial charge in [-0.15, -0.1) is 21.6 Å². The lowest BCUT2D eigenvalue weighted by Gasteiger charge is -2.19. The minimum atomic E-state index is 0.781. The summed E-state index contributed by atoms with van der Waals surface area (Å²) in [4.78, 5) is 4.72. The van der Waals surface area contributed by atoms with E-state index in [0.29, 0.717) is 0 Å². The van der Waals surface area contributed by atoms with Crippen molar-refractivity contribution in [1.82, 2.24) is 4.37 Å². The lowest BCUT2D eigenvalue weighted by atomic mass is 10.1. The fourth-order valence-corrected chi connectivity index (χ4v) is 6.40. The van der Waals surface area contributed by atoms with Gasteiger partial charge in [-0.3, -0.25) is 0 Å². The van der Waals surface area contributed by atoms with Crippen molar-refractivity contribution in [3.05, 3.63) is 83.9 Å². The van der Waals surface area contributed by atoms with E-state index in [-0.39, 0.29) is 0 Å². The Bertz CT molecular complexity index is 1680. The maximum absolute atomic E-state index is 4.54. The number of fused-ring (bicyclic) bond motifs is 1. The summed E-state index contributed by atoms with van der Waals surface area (Å²) >= 11 is 3.21. The molecule has 7 nitrogen and oxygen atoms in total. The second kappa shape index (κ2) is 11.0. The Kier molecular flexibility index (Phi) is 7.17. The summed E-state index contributed by atoms with van der Waals surface area (Å²) in [6, 6.07) is 24.6. The van der Waals surface area contributed by atoms with Crippen LogP contribution in [-0.4, -0.2) is 24.5 Å². The van der Waals surface area contributed by atoms with E-state index < -0.39 is 0 Å². The van der Waals surface area contributed by atoms with Crippen LogP contribution in [0.4, 0.5) is 37.8 Å². The topological polar surface area (TPSA) is 68.8 Å². The molecule has 0 radical (unpaired) electrons.